The molecule has 0 atom stereocenters. The van der Waals surface area contributed by atoms with Crippen LogP contribution in [-0.4, -0.2) is 29.8 Å². The summed E-state index contributed by atoms with van der Waals surface area (Å²) in [5.74, 6) is -17.1. The van der Waals surface area contributed by atoms with E-state index in [1.165, 1.54) is 0 Å². The van der Waals surface area contributed by atoms with Gasteiger partial charge in [-0.1, -0.05) is 0 Å². The van der Waals surface area contributed by atoms with Gasteiger partial charge in [-0.15, -0.1) is 0 Å². The largest absolute Gasteiger partial charge is 0.460 e. The number of nitrogens with one attached hydrogen (secondary N) is 1. The highest BCUT2D eigenvalue weighted by Crippen LogP contribution is 2.46. The number of carbonyl (C=O) groups is 2. The van der Waals surface area contributed by atoms with Gasteiger partial charge in [-0.05, 0) is 0 Å². The normalized spacial score (nSPS) is 13.5. The highest BCUT2D eigenvalue weighted by molar-refractivity contribution is 5.98. The Balaban J connectivity index is 5.19. The van der Waals surface area contributed by atoms with Crippen molar-refractivity contribution in [2.75, 3.05) is 0 Å². The summed E-state index contributed by atoms with van der Waals surface area (Å²) in [6.07, 6.45) is -6.61. The first kappa shape index (κ1) is 14.7. The molecule has 0 saturated heterocycles. The molecule has 2 amide bonds. The molecule has 0 spiro atoms. The van der Waals surface area contributed by atoms with E-state index in [9.17, 15) is 40.3 Å². The summed E-state index contributed by atoms with van der Waals surface area (Å²) in [6, 6.07) is 0. The summed E-state index contributed by atoms with van der Waals surface area (Å²) in [4.78, 5) is 20.4. The zero-order valence-corrected chi connectivity index (χ0v) is 7.46. The zero-order valence-electron chi connectivity index (χ0n) is 7.46. The van der Waals surface area contributed by atoms with Crippen LogP contribution in [-0.2, 0) is 9.59 Å². The lowest BCUT2D eigenvalue weighted by atomic mass is 10.1. The predicted molar refractivity (Wildman–Crippen MR) is 34.8 cm³/mol. The maximum atomic E-state index is 12.4. The predicted octanol–water partition coefficient (Wildman–Crippen LogP) is 1.48. The first-order valence-electron chi connectivity index (χ1n) is 3.48. The highest BCUT2D eigenvalue weighted by Gasteiger charge is 2.76. The number of halogens is 7. The molecule has 0 rings (SSSR count). The van der Waals surface area contributed by atoms with E-state index in [1.54, 1.807) is 0 Å². The van der Waals surface area contributed by atoms with E-state index in [0.29, 0.717) is 12.2 Å². The van der Waals surface area contributed by atoms with Gasteiger partial charge in [0.25, 0.3) is 0 Å². The van der Waals surface area contributed by atoms with Crippen LogP contribution in [0.15, 0.2) is 0 Å². The lowest BCUT2D eigenvalue weighted by Gasteiger charge is -2.26. The minimum Gasteiger partial charge on any atom is -0.291 e. The van der Waals surface area contributed by atoms with Crippen LogP contribution in [0.4, 0.5) is 30.7 Å². The Morgan fingerprint density at radius 1 is 0.938 bits per heavy atom. The zero-order chi connectivity index (χ0) is 13.4. The molecule has 3 nitrogen and oxygen atoms in total. The number of rotatable bonds is 2. The van der Waals surface area contributed by atoms with Crippen LogP contribution in [0.25, 0.3) is 0 Å². The Kier molecular flexibility index (Phi) is 3.58. The average molecular weight is 255 g/mol. The van der Waals surface area contributed by atoms with Crippen molar-refractivity contribution < 1.29 is 40.3 Å². The van der Waals surface area contributed by atoms with Crippen molar-refractivity contribution in [2.45, 2.75) is 24.9 Å². The van der Waals surface area contributed by atoms with Crippen molar-refractivity contribution in [1.82, 2.24) is 5.32 Å². The van der Waals surface area contributed by atoms with Gasteiger partial charge in [-0.2, -0.15) is 30.7 Å². The summed E-state index contributed by atoms with van der Waals surface area (Å²) < 4.78 is 83.8. The number of carbonyl (C=O) groups excluding carboxylic acids is 2. The van der Waals surface area contributed by atoms with E-state index < -0.39 is 29.8 Å². The minimum absolute atomic E-state index is 0.500. The fourth-order valence-electron chi connectivity index (χ4n) is 0.559. The van der Waals surface area contributed by atoms with Gasteiger partial charge in [-0.3, -0.25) is 14.9 Å². The SMILES string of the molecule is CC(=O)NC(=O)C(F)(F)C(F)(F)C(F)(F)F. The smallest absolute Gasteiger partial charge is 0.291 e. The fourth-order valence-corrected chi connectivity index (χ4v) is 0.559. The summed E-state index contributed by atoms with van der Waals surface area (Å²) >= 11 is 0. The van der Waals surface area contributed by atoms with Crippen LogP contribution in [0.5, 0.6) is 0 Å². The van der Waals surface area contributed by atoms with Gasteiger partial charge in [0.1, 0.15) is 0 Å². The Hall–Kier alpha value is -1.35. The van der Waals surface area contributed by atoms with E-state index in [1.807, 2.05) is 0 Å². The van der Waals surface area contributed by atoms with E-state index in [0.717, 1.165) is 0 Å². The molecule has 0 saturated carbocycles. The van der Waals surface area contributed by atoms with Crippen molar-refractivity contribution in [3.05, 3.63) is 0 Å². The third-order valence-electron chi connectivity index (χ3n) is 1.33. The second-order valence-corrected chi connectivity index (χ2v) is 2.66. The third kappa shape index (κ3) is 2.42. The van der Waals surface area contributed by atoms with Gasteiger partial charge in [-0.25, -0.2) is 0 Å². The number of hydrogen-bond donors (Lipinski definition) is 1. The molecule has 1 N–H and O–H groups in total. The average Bonchev–Trinajstić information content (AvgIpc) is 2.00. The van der Waals surface area contributed by atoms with E-state index >= 15 is 0 Å². The van der Waals surface area contributed by atoms with Gasteiger partial charge < -0.3 is 0 Å². The van der Waals surface area contributed by atoms with Gasteiger partial charge >= 0.3 is 23.9 Å². The quantitative estimate of drug-likeness (QED) is 0.759. The monoisotopic (exact) mass is 255 g/mol. The van der Waals surface area contributed by atoms with Crippen molar-refractivity contribution in [3.8, 4) is 0 Å². The van der Waals surface area contributed by atoms with Crippen molar-refractivity contribution in [2.24, 2.45) is 0 Å². The molecule has 0 unspecified atom stereocenters. The maximum Gasteiger partial charge on any atom is 0.460 e. The molecule has 10 heteroatoms. The summed E-state index contributed by atoms with van der Waals surface area (Å²) in [7, 11) is 0. The lowest BCUT2D eigenvalue weighted by Crippen LogP contribution is -2.59. The van der Waals surface area contributed by atoms with Crippen molar-refractivity contribution in [1.29, 1.82) is 0 Å². The first-order valence-corrected chi connectivity index (χ1v) is 3.48. The van der Waals surface area contributed by atoms with Crippen molar-refractivity contribution >= 4 is 11.8 Å². The molecule has 16 heavy (non-hydrogen) atoms. The third-order valence-corrected chi connectivity index (χ3v) is 1.33. The fraction of sp³-hybridized carbons (Fsp3) is 0.667. The Bertz CT molecular complexity index is 308. The first-order chi connectivity index (χ1) is 6.84. The summed E-state index contributed by atoms with van der Waals surface area (Å²) in [5, 5.41) is 0.653. The molecular weight excluding hydrogens is 251 g/mol. The Morgan fingerprint density at radius 3 is 1.56 bits per heavy atom. The van der Waals surface area contributed by atoms with Crippen LogP contribution < -0.4 is 5.32 Å². The molecule has 0 radical (unpaired) electrons. The molecule has 0 aliphatic heterocycles. The van der Waals surface area contributed by atoms with Crippen LogP contribution in [0.1, 0.15) is 6.92 Å². The minimum atomic E-state index is -6.61. The van der Waals surface area contributed by atoms with E-state index in [4.69, 9.17) is 0 Å². The van der Waals surface area contributed by atoms with E-state index in [-0.39, 0.29) is 0 Å². The molecule has 0 aromatic heterocycles. The topological polar surface area (TPSA) is 46.2 Å². The van der Waals surface area contributed by atoms with Gasteiger partial charge in [0, 0.05) is 6.92 Å². The Morgan fingerprint density at radius 2 is 1.31 bits per heavy atom. The number of alkyl halides is 7. The van der Waals surface area contributed by atoms with Gasteiger partial charge in [0.2, 0.25) is 5.91 Å². The number of amides is 2. The number of hydrogen-bond acceptors (Lipinski definition) is 2. The van der Waals surface area contributed by atoms with Crippen LogP contribution in [0, 0.1) is 0 Å². The molecule has 0 aliphatic rings. The molecule has 0 aromatic carbocycles. The van der Waals surface area contributed by atoms with Crippen LogP contribution in [0.2, 0.25) is 0 Å². The summed E-state index contributed by atoms with van der Waals surface area (Å²) in [5.41, 5.74) is 0. The summed E-state index contributed by atoms with van der Waals surface area (Å²) in [6.45, 7) is 0.500. The lowest BCUT2D eigenvalue weighted by molar-refractivity contribution is -0.343. The molecule has 94 valence electrons. The standard InChI is InChI=1S/C6H4F7NO2/c1-2(15)14-3(16)4(7,8)5(9,10)6(11,12)13/h1H3,(H,14,15,16). The van der Waals surface area contributed by atoms with Gasteiger partial charge in [0.15, 0.2) is 0 Å². The molecule has 0 aromatic rings. The highest BCUT2D eigenvalue weighted by atomic mass is 19.4. The van der Waals surface area contributed by atoms with Crippen LogP contribution in [0.3, 0.4) is 0 Å². The number of imide groups is 1. The second-order valence-electron chi connectivity index (χ2n) is 2.66. The molecule has 0 heterocycles. The molecular formula is C6H4F7NO2. The van der Waals surface area contributed by atoms with Crippen molar-refractivity contribution in [3.63, 3.8) is 0 Å². The molecule has 0 fully saturated rings. The maximum absolute atomic E-state index is 12.4. The second kappa shape index (κ2) is 3.91. The van der Waals surface area contributed by atoms with Gasteiger partial charge in [0.05, 0.1) is 0 Å². The molecule has 0 bridgehead atoms. The van der Waals surface area contributed by atoms with E-state index in [2.05, 4.69) is 0 Å². The molecule has 0 aliphatic carbocycles. The van der Waals surface area contributed by atoms with Crippen LogP contribution >= 0.6 is 0 Å². The Labute approximate surface area is 83.6 Å².